The highest BCUT2D eigenvalue weighted by molar-refractivity contribution is 8.76. The fourth-order valence-corrected chi connectivity index (χ4v) is 17.2. The molecule has 1 aromatic heterocycles. The summed E-state index contributed by atoms with van der Waals surface area (Å²) in [4.78, 5) is 281. The smallest absolute Gasteiger partial charge is 0.245 e. The summed E-state index contributed by atoms with van der Waals surface area (Å²) in [7, 11) is 1.46. The minimum absolute atomic E-state index is 0.00351. The number of rotatable bonds is 48. The molecular formula is C92H141N27O24S2. The van der Waals surface area contributed by atoms with Crippen molar-refractivity contribution in [3.05, 3.63) is 83.9 Å². The number of carbonyl (C=O) groups is 19. The Morgan fingerprint density at radius 2 is 1.17 bits per heavy atom. The summed E-state index contributed by atoms with van der Waals surface area (Å²) in [6.45, 7) is 7.41. The molecule has 33 N–H and O–H groups in total. The lowest BCUT2D eigenvalue weighted by molar-refractivity contribution is -0.142. The Balaban J connectivity index is 1.68. The van der Waals surface area contributed by atoms with Gasteiger partial charge >= 0.3 is 0 Å². The number of phenols is 1. The zero-order valence-electron chi connectivity index (χ0n) is 82.2. The predicted molar refractivity (Wildman–Crippen MR) is 531 cm³/mol. The first-order valence-corrected chi connectivity index (χ1v) is 50.1. The quantitative estimate of drug-likeness (QED) is 0.00821. The molecule has 0 spiro atoms. The van der Waals surface area contributed by atoms with Crippen LogP contribution in [0.2, 0.25) is 0 Å². The van der Waals surface area contributed by atoms with Gasteiger partial charge in [-0.05, 0) is 112 Å². The molecule has 53 heteroatoms. The number of aliphatic hydroxyl groups is 3. The van der Waals surface area contributed by atoms with E-state index in [-0.39, 0.29) is 128 Å². The number of terminal acetylenes is 1. The minimum atomic E-state index is -1.99. The Bertz CT molecular complexity index is 4900. The summed E-state index contributed by atoms with van der Waals surface area (Å²) in [5.74, 6) is -21.3. The Hall–Kier alpha value is -14.0. The number of H-pyrrole nitrogens is 1. The van der Waals surface area contributed by atoms with Crippen molar-refractivity contribution >= 4 is 146 Å². The van der Waals surface area contributed by atoms with E-state index in [1.807, 2.05) is 0 Å². The number of phenolic OH excluding ortho intramolecular Hbond substituents is 1. The number of aromatic hydroxyl groups is 1. The number of aliphatic hydroxyl groups excluding tert-OH is 3. The summed E-state index contributed by atoms with van der Waals surface area (Å²) in [6, 6.07) is -12.1. The van der Waals surface area contributed by atoms with Crippen molar-refractivity contribution in [1.29, 1.82) is 10.8 Å². The van der Waals surface area contributed by atoms with Crippen LogP contribution in [0.1, 0.15) is 155 Å². The number of amides is 19. The van der Waals surface area contributed by atoms with Crippen LogP contribution in [0.15, 0.2) is 67.1 Å². The molecule has 2 aromatic carbocycles. The van der Waals surface area contributed by atoms with Gasteiger partial charge in [0.2, 0.25) is 112 Å². The number of ether oxygens (including phenoxy) is 1. The zero-order chi connectivity index (χ0) is 108. The maximum Gasteiger partial charge on any atom is 0.245 e. The first kappa shape index (κ1) is 121. The summed E-state index contributed by atoms with van der Waals surface area (Å²) >= 11 is 0. The van der Waals surface area contributed by atoms with Gasteiger partial charge in [-0.15, -0.1) is 12.3 Å². The number of benzene rings is 2. The van der Waals surface area contributed by atoms with Crippen LogP contribution in [0.5, 0.6) is 5.75 Å². The van der Waals surface area contributed by atoms with Gasteiger partial charge in [0.25, 0.3) is 0 Å². The molecule has 19 amide bonds. The number of primary amides is 2. The number of hydrogen-bond acceptors (Lipinski definition) is 29. The molecule has 0 unspecified atom stereocenters. The molecule has 3 heterocycles. The van der Waals surface area contributed by atoms with E-state index in [9.17, 15) is 82.8 Å². The van der Waals surface area contributed by atoms with Crippen LogP contribution >= 0.6 is 21.6 Å². The second-order valence-electron chi connectivity index (χ2n) is 35.8. The number of nitrogens with zero attached hydrogens (tertiary/aromatic N) is 2. The van der Waals surface area contributed by atoms with Crippen LogP contribution in [0.3, 0.4) is 0 Å². The first-order valence-electron chi connectivity index (χ1n) is 47.6. The molecule has 5 rings (SSSR count). The number of imidazole rings is 1. The van der Waals surface area contributed by atoms with Crippen LogP contribution in [-0.4, -0.2) is 327 Å². The van der Waals surface area contributed by atoms with E-state index in [4.69, 9.17) is 44.9 Å². The van der Waals surface area contributed by atoms with Gasteiger partial charge in [0.15, 0.2) is 11.9 Å². The minimum Gasteiger partial charge on any atom is -0.508 e. The van der Waals surface area contributed by atoms with Gasteiger partial charge in [0.1, 0.15) is 96.4 Å². The van der Waals surface area contributed by atoms with Crippen molar-refractivity contribution in [2.75, 3.05) is 70.7 Å². The molecule has 2 aliphatic rings. The summed E-state index contributed by atoms with van der Waals surface area (Å²) in [5, 5.41) is 104. The monoisotopic (exact) mass is 2070 g/mol. The Morgan fingerprint density at radius 3 is 1.77 bits per heavy atom. The third-order valence-corrected chi connectivity index (χ3v) is 25.1. The third kappa shape index (κ3) is 44.4. The average Bonchev–Trinajstić information content (AvgIpc) is 1.71. The predicted octanol–water partition coefficient (Wildman–Crippen LogP) is -7.85. The van der Waals surface area contributed by atoms with E-state index >= 15 is 28.8 Å². The van der Waals surface area contributed by atoms with E-state index in [0.29, 0.717) is 29.7 Å². The fraction of sp³-hybridized carbons (Fsp3) is 0.587. The molecular weight excluding hydrogens is 1930 g/mol. The lowest BCUT2D eigenvalue weighted by Crippen LogP contribution is -2.62. The lowest BCUT2D eigenvalue weighted by Gasteiger charge is -2.31. The van der Waals surface area contributed by atoms with Gasteiger partial charge in [-0.1, -0.05) is 106 Å². The number of unbranched alkanes of at least 4 members (excludes halogenated alkanes) is 1. The molecule has 16 atom stereocenters. The van der Waals surface area contributed by atoms with Crippen LogP contribution in [0.4, 0.5) is 0 Å². The van der Waals surface area contributed by atoms with Crippen LogP contribution in [-0.2, 0) is 115 Å². The van der Waals surface area contributed by atoms with E-state index in [1.165, 1.54) is 64.5 Å². The second kappa shape index (κ2) is 63.9. The highest BCUT2D eigenvalue weighted by Gasteiger charge is 2.43. The van der Waals surface area contributed by atoms with Crippen molar-refractivity contribution < 1.29 is 116 Å². The van der Waals surface area contributed by atoms with Gasteiger partial charge in [0.05, 0.1) is 38.8 Å². The van der Waals surface area contributed by atoms with Crippen molar-refractivity contribution in [3.63, 3.8) is 0 Å². The molecule has 0 saturated carbocycles. The number of hydrogen-bond donors (Lipinski definition) is 29. The van der Waals surface area contributed by atoms with Crippen molar-refractivity contribution in [1.82, 2.24) is 111 Å². The maximum absolute atomic E-state index is 15.5. The van der Waals surface area contributed by atoms with Gasteiger partial charge in [-0.3, -0.25) is 102 Å². The fourth-order valence-electron chi connectivity index (χ4n) is 14.9. The average molecular weight is 2070 g/mol. The van der Waals surface area contributed by atoms with Crippen LogP contribution in [0, 0.1) is 40.9 Å². The summed E-state index contributed by atoms with van der Waals surface area (Å²) < 4.78 is 5.60. The van der Waals surface area contributed by atoms with E-state index in [2.05, 4.69) is 112 Å². The number of aromatic amines is 1. The van der Waals surface area contributed by atoms with Crippen molar-refractivity contribution in [2.45, 2.75) is 254 Å². The lowest BCUT2D eigenvalue weighted by atomic mass is 10.0. The van der Waals surface area contributed by atoms with Gasteiger partial charge in [-0.2, -0.15) is 0 Å². The number of nitrogens with two attached hydrogens (primary N) is 4. The van der Waals surface area contributed by atoms with Crippen molar-refractivity contribution in [3.8, 4) is 18.1 Å². The highest BCUT2D eigenvalue weighted by Crippen LogP contribution is 2.26. The van der Waals surface area contributed by atoms with Crippen LogP contribution in [0.25, 0.3) is 0 Å². The van der Waals surface area contributed by atoms with Gasteiger partial charge < -0.3 is 154 Å². The molecule has 3 aromatic rings. The number of fused-ring (bicyclic) bond motifs is 1. The van der Waals surface area contributed by atoms with Gasteiger partial charge in [-0.25, -0.2) is 4.98 Å². The SMILES string of the molecule is C#CCCCC(=O)NCCOCCCC(=O)N[C@@H](Cc1cnc[nH]1)C(=O)N[C@@H](CCC(N)=O)C(=O)N[C@H](C(=O)N[C@H]1CSSC[C@@H](C(=O)N[C@@H](Cc2ccccc2)C(=O)N[C@@H](CO)C(=O)N[C@H](C(N)=O)[C@@H](C)O)NC(=O)[C@H](C(C)C)NC(=O)[C@@H]2CCCN2C(=O)[C@H](CCCNC(=N)N)NC(=O)CNC(=O)[C@H](CCCNC(=N)N)NC(=O)[C@H](Cc2ccc(O)cc2)NC(=O)[C@H](CO)NC(=O)[C@H](CC(C)C)NC1=O)C(C)C. The largest absolute Gasteiger partial charge is 0.508 e. The molecule has 0 radical (unpaired) electrons. The number of nitrogens with one attached hydrogen (secondary N) is 21. The Kier molecular flexibility index (Phi) is 53.6. The third-order valence-electron chi connectivity index (χ3n) is 22.7. The number of guanidine groups is 2. The Morgan fingerprint density at radius 1 is 0.579 bits per heavy atom. The zero-order valence-corrected chi connectivity index (χ0v) is 83.8. The van der Waals surface area contributed by atoms with Gasteiger partial charge in [0, 0.05) is 101 Å². The molecule has 0 aliphatic carbocycles. The number of carbonyl (C=O) groups excluding carboxylic acids is 19. The normalized spacial score (nSPS) is 20.3. The summed E-state index contributed by atoms with van der Waals surface area (Å²) in [5.41, 5.74) is 23.2. The topological polar surface area (TPSA) is 815 Å². The maximum atomic E-state index is 15.5. The molecule has 2 saturated heterocycles. The highest BCUT2D eigenvalue weighted by atomic mass is 33.1. The molecule has 145 heavy (non-hydrogen) atoms. The Labute approximate surface area is 846 Å². The second-order valence-corrected chi connectivity index (χ2v) is 38.3. The van der Waals surface area contributed by atoms with E-state index in [1.54, 1.807) is 44.2 Å². The first-order chi connectivity index (χ1) is 68.8. The van der Waals surface area contributed by atoms with Crippen LogP contribution < -0.4 is 119 Å². The van der Waals surface area contributed by atoms with E-state index < -0.39 is 283 Å². The molecule has 0 bridgehead atoms. The molecule has 51 nitrogen and oxygen atoms in total. The molecule has 800 valence electrons. The number of aromatic nitrogens is 2. The van der Waals surface area contributed by atoms with E-state index in [0.717, 1.165) is 33.4 Å². The molecule has 2 fully saturated rings. The summed E-state index contributed by atoms with van der Waals surface area (Å²) in [6.07, 6.45) is 4.98. The standard InChI is InChI=1S/C92H141N27O24S2/c1-9-10-12-24-70(125)100-34-37-143-36-18-25-71(126)106-63(41-55-42-99-48-104-55)82(134)108-58(30-31-69(93)124)78(130)116-73(50(4)5)88(140)114-66-46-144-145-47-67(86(138)111-61(39-53-19-13-11-14-20-53)81(133)113-65(45-121)84(136)118-75(52(8)122)76(94)128)115-89(141)74(51(6)7)117-87(139)68-23-17-35-119(68)90(142)59(22-16-33-102-92(97)98)105-72(127)43-103-77(129)57(21-15-32-101-91(95)96)107-80(132)62(40-54-26-28-56(123)29-27-54)110-83(135)64(44-120)112-79(131)60(38-49(2)3)109-85(66)137/h1,11,13-14,19-20,26-29,42,48-52,57-68,73-75,120-123H,10,12,15-18,21-25,30-41,43-47H2,2-8H3,(H2,93,124)(H2,94,128)(H,99,104)(H,100,125)(H,103,129)(H,105,127)(H,106,126)(H,107,132)(H,108,134)(H,109,137)(H,110,135)(H,111,138)(H,112,131)(H,113,133)(H,114,140)(H,115,141)(H,116,130)(H,117,139)(H,118,136)(H4,95,96,101)(H4,97,98,102)/t52-,57+,58+,59+,60+,61+,62+,63+,64+,65+,66+,67+,68+,73+,74+,75+/m1/s1. The van der Waals surface area contributed by atoms with Crippen molar-refractivity contribution in [2.24, 2.45) is 40.7 Å². The molecule has 2 aliphatic heterocycles.